The minimum Gasteiger partial charge on any atom is -0.496 e. The van der Waals surface area contributed by atoms with Gasteiger partial charge in [0, 0.05) is 12.3 Å². The van der Waals surface area contributed by atoms with Crippen LogP contribution in [0, 0.1) is 12.3 Å². The number of anilines is 1. The fourth-order valence-electron chi connectivity index (χ4n) is 2.95. The van der Waals surface area contributed by atoms with Crippen molar-refractivity contribution in [3.05, 3.63) is 68.5 Å². The second-order valence-electron chi connectivity index (χ2n) is 6.97. The number of terminal acetylenes is 1. The molecule has 0 aliphatic carbocycles. The van der Waals surface area contributed by atoms with Crippen molar-refractivity contribution in [2.24, 2.45) is 0 Å². The fraction of sp³-hybridized carbons (Fsp3) is 0.292. The summed E-state index contributed by atoms with van der Waals surface area (Å²) in [5.41, 5.74) is 1.05. The van der Waals surface area contributed by atoms with E-state index in [1.165, 1.54) is 17.8 Å². The summed E-state index contributed by atoms with van der Waals surface area (Å²) >= 11 is 6.72. The molecule has 180 valence electrons. The maximum Gasteiger partial charge on any atom is 0.418 e. The van der Waals surface area contributed by atoms with Gasteiger partial charge in [-0.25, -0.2) is 9.97 Å². The third kappa shape index (κ3) is 7.47. The van der Waals surface area contributed by atoms with Crippen molar-refractivity contribution in [1.82, 2.24) is 9.97 Å². The summed E-state index contributed by atoms with van der Waals surface area (Å²) in [5.74, 6) is 2.15. The van der Waals surface area contributed by atoms with E-state index < -0.39 is 22.7 Å². The van der Waals surface area contributed by atoms with Gasteiger partial charge in [-0.05, 0) is 43.9 Å². The van der Waals surface area contributed by atoms with Crippen LogP contribution in [0.1, 0.15) is 53.4 Å². The molecule has 0 bridgehead atoms. The van der Waals surface area contributed by atoms with Gasteiger partial charge in [0.1, 0.15) is 21.5 Å². The molecule has 2 rings (SSSR count). The van der Waals surface area contributed by atoms with Crippen LogP contribution in [0.15, 0.2) is 48.0 Å². The first-order chi connectivity index (χ1) is 16.1. The minimum atomic E-state index is -4.66. The van der Waals surface area contributed by atoms with Crippen molar-refractivity contribution >= 4 is 40.2 Å². The Labute approximate surface area is 205 Å². The summed E-state index contributed by atoms with van der Waals surface area (Å²) in [4.78, 5) is 20.9. The first-order valence-corrected chi connectivity index (χ1v) is 11.4. The van der Waals surface area contributed by atoms with E-state index in [1.807, 2.05) is 26.0 Å². The van der Waals surface area contributed by atoms with Crippen LogP contribution in [0.3, 0.4) is 0 Å². The second-order valence-corrected chi connectivity index (χ2v) is 8.41. The van der Waals surface area contributed by atoms with Crippen molar-refractivity contribution < 1.29 is 22.7 Å². The Hall–Kier alpha value is -3.09. The van der Waals surface area contributed by atoms with E-state index in [9.17, 15) is 18.0 Å². The van der Waals surface area contributed by atoms with Crippen LogP contribution >= 0.6 is 22.9 Å². The number of ether oxygens (including phenoxy) is 1. The number of pyridine rings is 1. The average molecular weight is 510 g/mol. The molecular formula is C24H23ClF3N3O2S. The number of rotatable bonds is 9. The Morgan fingerprint density at radius 2 is 2.09 bits per heavy atom. The molecule has 2 heterocycles. The molecule has 0 aliphatic rings. The lowest BCUT2D eigenvalue weighted by Crippen LogP contribution is -2.13. The molecule has 2 aromatic rings. The number of carbonyl (C=O) groups is 1. The van der Waals surface area contributed by atoms with Gasteiger partial charge < -0.3 is 10.1 Å². The molecule has 0 spiro atoms. The highest BCUT2D eigenvalue weighted by Gasteiger charge is 2.34. The van der Waals surface area contributed by atoms with E-state index in [1.54, 1.807) is 7.11 Å². The number of allylic oxidation sites excluding steroid dienone is 5. The third-order valence-electron chi connectivity index (χ3n) is 4.77. The van der Waals surface area contributed by atoms with E-state index >= 15 is 0 Å². The summed E-state index contributed by atoms with van der Waals surface area (Å²) < 4.78 is 44.2. The number of nitrogens with one attached hydrogen (secondary N) is 1. The van der Waals surface area contributed by atoms with E-state index in [-0.39, 0.29) is 10.7 Å². The highest BCUT2D eigenvalue weighted by Crippen LogP contribution is 2.35. The van der Waals surface area contributed by atoms with Gasteiger partial charge in [0.2, 0.25) is 0 Å². The normalized spacial score (nSPS) is 12.9. The van der Waals surface area contributed by atoms with Crippen LogP contribution in [0.4, 0.5) is 19.0 Å². The van der Waals surface area contributed by atoms with Gasteiger partial charge in [0.15, 0.2) is 0 Å². The minimum absolute atomic E-state index is 0.249. The molecule has 1 N–H and O–H groups in total. The lowest BCUT2D eigenvalue weighted by molar-refractivity contribution is -0.137. The van der Waals surface area contributed by atoms with Gasteiger partial charge in [0.25, 0.3) is 5.91 Å². The molecule has 1 amide bonds. The Balaban J connectivity index is 2.12. The Bertz CT molecular complexity index is 1160. The first kappa shape index (κ1) is 27.2. The smallest absolute Gasteiger partial charge is 0.418 e. The summed E-state index contributed by atoms with van der Waals surface area (Å²) in [5, 5.41) is 2.49. The standard InChI is InChI=1S/C24H23ClF3N3O2S/c1-5-9-17(33-4)11-8-7-10-16(6-2)15(3)23-30-14-20(34-23)22(32)31-21-12-18(24(26,27)28)19(25)13-29-21/h1,8-9,11-14H,6-7,10H2,2-4H3,(H,29,31,32)/b11-8-,16-15+,17-9+. The zero-order valence-corrected chi connectivity index (χ0v) is 20.4. The number of amides is 1. The molecule has 5 nitrogen and oxygen atoms in total. The zero-order valence-electron chi connectivity index (χ0n) is 18.8. The zero-order chi connectivity index (χ0) is 25.3. The molecule has 10 heteroatoms. The second kappa shape index (κ2) is 12.4. The third-order valence-corrected chi connectivity index (χ3v) is 6.18. The summed E-state index contributed by atoms with van der Waals surface area (Å²) in [6.07, 6.45) is 10.5. The van der Waals surface area contributed by atoms with Crippen molar-refractivity contribution in [3.8, 4) is 12.3 Å². The van der Waals surface area contributed by atoms with E-state index in [4.69, 9.17) is 22.8 Å². The molecule has 0 saturated heterocycles. The highest BCUT2D eigenvalue weighted by atomic mass is 35.5. The van der Waals surface area contributed by atoms with Crippen LogP contribution in [0.2, 0.25) is 5.02 Å². The molecule has 0 saturated carbocycles. The number of hydrogen-bond donors (Lipinski definition) is 1. The van der Waals surface area contributed by atoms with Gasteiger partial charge in [-0.3, -0.25) is 4.79 Å². The fourth-order valence-corrected chi connectivity index (χ4v) is 4.02. The quantitative estimate of drug-likeness (QED) is 0.221. The van der Waals surface area contributed by atoms with Crippen molar-refractivity contribution in [2.45, 2.75) is 39.3 Å². The van der Waals surface area contributed by atoms with Crippen LogP contribution in [-0.2, 0) is 10.9 Å². The molecule has 0 unspecified atom stereocenters. The maximum atomic E-state index is 13.0. The van der Waals surface area contributed by atoms with E-state index in [0.717, 1.165) is 42.4 Å². The van der Waals surface area contributed by atoms with Crippen LogP contribution in [0.5, 0.6) is 0 Å². The number of alkyl halides is 3. The maximum absolute atomic E-state index is 13.0. The van der Waals surface area contributed by atoms with Gasteiger partial charge in [-0.15, -0.1) is 17.8 Å². The lowest BCUT2D eigenvalue weighted by atomic mass is 10.0. The lowest BCUT2D eigenvalue weighted by Gasteiger charge is -2.10. The largest absolute Gasteiger partial charge is 0.496 e. The molecule has 0 fully saturated rings. The molecule has 34 heavy (non-hydrogen) atoms. The van der Waals surface area contributed by atoms with Crippen molar-refractivity contribution in [3.63, 3.8) is 0 Å². The van der Waals surface area contributed by atoms with Gasteiger partial charge in [-0.1, -0.05) is 36.1 Å². The van der Waals surface area contributed by atoms with Crippen LogP contribution in [0.25, 0.3) is 5.57 Å². The predicted octanol–water partition coefficient (Wildman–Crippen LogP) is 7.15. The highest BCUT2D eigenvalue weighted by molar-refractivity contribution is 7.14. The molecule has 0 radical (unpaired) electrons. The SMILES string of the molecule is C#C/C=C(\C=C/CC/C(CC)=C(\C)c1ncc(C(=O)Nc2cc(C(F)(F)F)c(Cl)cn2)s1)OC. The number of aromatic nitrogens is 2. The molecular weight excluding hydrogens is 487 g/mol. The number of methoxy groups -OCH3 is 1. The molecule has 0 aromatic carbocycles. The van der Waals surface area contributed by atoms with Crippen LogP contribution < -0.4 is 5.32 Å². The molecule has 0 aliphatic heterocycles. The number of nitrogens with zero attached hydrogens (tertiary/aromatic N) is 2. The van der Waals surface area contributed by atoms with Gasteiger partial charge in [-0.2, -0.15) is 13.2 Å². The molecule has 2 aromatic heterocycles. The van der Waals surface area contributed by atoms with Crippen LogP contribution in [-0.4, -0.2) is 23.0 Å². The summed E-state index contributed by atoms with van der Waals surface area (Å²) in [7, 11) is 1.55. The van der Waals surface area contributed by atoms with E-state index in [2.05, 4.69) is 21.2 Å². The number of hydrogen-bond acceptors (Lipinski definition) is 5. The summed E-state index contributed by atoms with van der Waals surface area (Å²) in [6, 6.07) is 0.698. The number of carbonyl (C=O) groups excluding carboxylic acids is 1. The average Bonchev–Trinajstić information content (AvgIpc) is 3.29. The number of halogens is 4. The Morgan fingerprint density at radius 3 is 2.71 bits per heavy atom. The topological polar surface area (TPSA) is 64.1 Å². The monoisotopic (exact) mass is 509 g/mol. The van der Waals surface area contributed by atoms with Gasteiger partial charge in [0.05, 0.1) is 23.9 Å². The first-order valence-electron chi connectivity index (χ1n) is 10.2. The Morgan fingerprint density at radius 1 is 1.35 bits per heavy atom. The van der Waals surface area contributed by atoms with Gasteiger partial charge >= 0.3 is 6.18 Å². The number of thiazole rings is 1. The molecule has 0 atom stereocenters. The van der Waals surface area contributed by atoms with E-state index in [0.29, 0.717) is 16.8 Å². The van der Waals surface area contributed by atoms with Crippen molar-refractivity contribution in [2.75, 3.05) is 12.4 Å². The predicted molar refractivity (Wildman–Crippen MR) is 130 cm³/mol. The van der Waals surface area contributed by atoms with Crippen molar-refractivity contribution in [1.29, 1.82) is 0 Å². The Kier molecular flexibility index (Phi) is 9.90. The summed E-state index contributed by atoms with van der Waals surface area (Å²) in [6.45, 7) is 3.96.